The number of aromatic nitrogens is 1. The molecule has 0 spiro atoms. The van der Waals surface area contributed by atoms with Crippen molar-refractivity contribution in [3.8, 4) is 0 Å². The van der Waals surface area contributed by atoms with Gasteiger partial charge in [0.05, 0.1) is 22.4 Å². The van der Waals surface area contributed by atoms with Crippen LogP contribution in [-0.2, 0) is 9.53 Å². The topological polar surface area (TPSA) is 126 Å². The number of esters is 1. The van der Waals surface area contributed by atoms with Crippen LogP contribution in [0.5, 0.6) is 0 Å². The van der Waals surface area contributed by atoms with Crippen molar-refractivity contribution in [2.75, 3.05) is 16.8 Å². The molecule has 1 aliphatic heterocycles. The Morgan fingerprint density at radius 2 is 1.62 bits per heavy atom. The molecule has 4 aromatic rings. The van der Waals surface area contributed by atoms with Gasteiger partial charge in [-0.1, -0.05) is 18.2 Å². The SMILES string of the molecule is CC(=O)Nc1ccc(N2C(=O)c3ccc(C(=O)OCC(=O)c4c(C)[nH]c5ccccc45)cc3C2=O)cc1. The number of anilines is 2. The third kappa shape index (κ3) is 4.27. The number of fused-ring (bicyclic) bond motifs is 2. The average Bonchev–Trinajstić information content (AvgIpc) is 3.35. The highest BCUT2D eigenvalue weighted by Crippen LogP contribution is 2.30. The Morgan fingerprint density at radius 3 is 2.35 bits per heavy atom. The third-order valence-corrected chi connectivity index (χ3v) is 6.07. The molecule has 0 fully saturated rings. The lowest BCUT2D eigenvalue weighted by Gasteiger charge is -2.14. The Balaban J connectivity index is 1.32. The maximum Gasteiger partial charge on any atom is 0.338 e. The molecule has 5 rings (SSSR count). The van der Waals surface area contributed by atoms with Gasteiger partial charge in [0, 0.05) is 34.8 Å². The average molecular weight is 495 g/mol. The van der Waals surface area contributed by atoms with E-state index in [9.17, 15) is 24.0 Å². The van der Waals surface area contributed by atoms with Crippen molar-refractivity contribution in [1.82, 2.24) is 4.98 Å². The van der Waals surface area contributed by atoms with Crippen LogP contribution in [0, 0.1) is 6.92 Å². The summed E-state index contributed by atoms with van der Waals surface area (Å²) in [4.78, 5) is 66.8. The van der Waals surface area contributed by atoms with E-state index in [4.69, 9.17) is 4.74 Å². The van der Waals surface area contributed by atoms with Crippen molar-refractivity contribution in [2.24, 2.45) is 0 Å². The summed E-state index contributed by atoms with van der Waals surface area (Å²) >= 11 is 0. The Labute approximate surface area is 211 Å². The van der Waals surface area contributed by atoms with Gasteiger partial charge in [-0.05, 0) is 55.5 Å². The van der Waals surface area contributed by atoms with E-state index in [1.165, 1.54) is 25.1 Å². The second-order valence-electron chi connectivity index (χ2n) is 8.60. The summed E-state index contributed by atoms with van der Waals surface area (Å²) in [5.74, 6) is -2.51. The van der Waals surface area contributed by atoms with Crippen molar-refractivity contribution >= 4 is 51.8 Å². The number of aryl methyl sites for hydroxylation is 1. The number of ether oxygens (including phenoxy) is 1. The van der Waals surface area contributed by atoms with E-state index in [0.29, 0.717) is 22.6 Å². The number of amides is 3. The predicted molar refractivity (Wildman–Crippen MR) is 136 cm³/mol. The largest absolute Gasteiger partial charge is 0.454 e. The minimum absolute atomic E-state index is 0.0474. The van der Waals surface area contributed by atoms with E-state index in [1.807, 2.05) is 24.3 Å². The van der Waals surface area contributed by atoms with Crippen LogP contribution < -0.4 is 10.2 Å². The molecule has 1 aliphatic rings. The second-order valence-corrected chi connectivity index (χ2v) is 8.60. The zero-order chi connectivity index (χ0) is 26.3. The molecule has 37 heavy (non-hydrogen) atoms. The molecule has 0 saturated carbocycles. The number of carbonyl (C=O) groups excluding carboxylic acids is 5. The van der Waals surface area contributed by atoms with Crippen LogP contribution in [0.25, 0.3) is 10.9 Å². The van der Waals surface area contributed by atoms with Gasteiger partial charge in [0.2, 0.25) is 11.7 Å². The Morgan fingerprint density at radius 1 is 0.919 bits per heavy atom. The van der Waals surface area contributed by atoms with E-state index in [-0.39, 0.29) is 28.4 Å². The first-order chi connectivity index (χ1) is 17.7. The number of nitrogens with one attached hydrogen (secondary N) is 2. The first-order valence-electron chi connectivity index (χ1n) is 11.4. The van der Waals surface area contributed by atoms with Crippen LogP contribution in [0.2, 0.25) is 0 Å². The molecular weight excluding hydrogens is 474 g/mol. The standard InChI is InChI=1S/C28H21N3O6/c1-15-25(21-5-3-4-6-23(21)29-15)24(33)14-37-28(36)17-7-12-20-22(13-17)27(35)31(26(20)34)19-10-8-18(9-11-19)30-16(2)32/h3-13,29H,14H2,1-2H3,(H,30,32). The number of carbonyl (C=O) groups is 5. The number of hydrogen-bond acceptors (Lipinski definition) is 6. The van der Waals surface area contributed by atoms with Gasteiger partial charge in [0.25, 0.3) is 11.8 Å². The number of Topliss-reactive ketones (excluding diaryl/α,β-unsaturated/α-hetero) is 1. The maximum absolute atomic E-state index is 13.1. The summed E-state index contributed by atoms with van der Waals surface area (Å²) in [6.07, 6.45) is 0. The lowest BCUT2D eigenvalue weighted by molar-refractivity contribution is -0.114. The van der Waals surface area contributed by atoms with E-state index in [0.717, 1.165) is 15.8 Å². The summed E-state index contributed by atoms with van der Waals surface area (Å²) in [5.41, 5.74) is 3.05. The molecule has 0 bridgehead atoms. The molecule has 2 heterocycles. The minimum atomic E-state index is -0.785. The zero-order valence-electron chi connectivity index (χ0n) is 20.0. The molecule has 9 nitrogen and oxygen atoms in total. The fraction of sp³-hybridized carbons (Fsp3) is 0.107. The highest BCUT2D eigenvalue weighted by molar-refractivity contribution is 6.34. The lowest BCUT2D eigenvalue weighted by Crippen LogP contribution is -2.29. The van der Waals surface area contributed by atoms with E-state index < -0.39 is 24.4 Å². The molecule has 3 aromatic carbocycles. The smallest absolute Gasteiger partial charge is 0.338 e. The van der Waals surface area contributed by atoms with Gasteiger partial charge in [-0.15, -0.1) is 0 Å². The molecule has 0 atom stereocenters. The maximum atomic E-state index is 13.1. The molecule has 3 amide bonds. The monoisotopic (exact) mass is 495 g/mol. The molecule has 9 heteroatoms. The van der Waals surface area contributed by atoms with Crippen LogP contribution in [0.4, 0.5) is 11.4 Å². The fourth-order valence-electron chi connectivity index (χ4n) is 4.42. The lowest BCUT2D eigenvalue weighted by atomic mass is 10.1. The number of imide groups is 1. The Bertz CT molecular complexity index is 1620. The molecule has 0 aliphatic carbocycles. The van der Waals surface area contributed by atoms with Gasteiger partial charge in [-0.3, -0.25) is 19.2 Å². The first kappa shape index (κ1) is 23.7. The number of nitrogens with zero attached hydrogens (tertiary/aromatic N) is 1. The quantitative estimate of drug-likeness (QED) is 0.234. The van der Waals surface area contributed by atoms with E-state index >= 15 is 0 Å². The van der Waals surface area contributed by atoms with Crippen LogP contribution in [0.3, 0.4) is 0 Å². The Hall–Kier alpha value is -5.05. The molecular formula is C28H21N3O6. The van der Waals surface area contributed by atoms with Crippen molar-refractivity contribution < 1.29 is 28.7 Å². The summed E-state index contributed by atoms with van der Waals surface area (Å²) in [6, 6.07) is 17.7. The van der Waals surface area contributed by atoms with Gasteiger partial charge >= 0.3 is 5.97 Å². The van der Waals surface area contributed by atoms with E-state index in [2.05, 4.69) is 10.3 Å². The number of para-hydroxylation sites is 1. The first-order valence-corrected chi connectivity index (χ1v) is 11.4. The second kappa shape index (κ2) is 9.19. The highest BCUT2D eigenvalue weighted by Gasteiger charge is 2.37. The number of aromatic amines is 1. The third-order valence-electron chi connectivity index (χ3n) is 6.07. The number of benzene rings is 3. The van der Waals surface area contributed by atoms with Gasteiger partial charge in [-0.2, -0.15) is 0 Å². The molecule has 0 unspecified atom stereocenters. The van der Waals surface area contributed by atoms with Crippen LogP contribution >= 0.6 is 0 Å². The van der Waals surface area contributed by atoms with Gasteiger partial charge in [0.1, 0.15) is 0 Å². The molecule has 2 N–H and O–H groups in total. The summed E-state index contributed by atoms with van der Waals surface area (Å²) in [7, 11) is 0. The number of rotatable bonds is 6. The normalized spacial score (nSPS) is 12.5. The number of H-pyrrole nitrogens is 1. The van der Waals surface area contributed by atoms with E-state index in [1.54, 1.807) is 31.2 Å². The molecule has 0 radical (unpaired) electrons. The fourth-order valence-corrected chi connectivity index (χ4v) is 4.42. The van der Waals surface area contributed by atoms with Crippen molar-refractivity contribution in [3.63, 3.8) is 0 Å². The summed E-state index contributed by atoms with van der Waals surface area (Å²) in [5, 5.41) is 3.36. The van der Waals surface area contributed by atoms with Crippen molar-refractivity contribution in [2.45, 2.75) is 13.8 Å². The van der Waals surface area contributed by atoms with Crippen LogP contribution in [0.1, 0.15) is 54.0 Å². The molecule has 0 saturated heterocycles. The molecule has 1 aromatic heterocycles. The van der Waals surface area contributed by atoms with Gasteiger partial charge in [-0.25, -0.2) is 9.69 Å². The summed E-state index contributed by atoms with van der Waals surface area (Å²) < 4.78 is 5.25. The van der Waals surface area contributed by atoms with Crippen molar-refractivity contribution in [3.05, 3.63) is 94.7 Å². The minimum Gasteiger partial charge on any atom is -0.454 e. The summed E-state index contributed by atoms with van der Waals surface area (Å²) in [6.45, 7) is 2.68. The Kier molecular flexibility index (Phi) is 5.88. The van der Waals surface area contributed by atoms with Gasteiger partial charge < -0.3 is 15.0 Å². The zero-order valence-corrected chi connectivity index (χ0v) is 20.0. The van der Waals surface area contributed by atoms with Crippen LogP contribution in [-0.4, -0.2) is 41.1 Å². The number of ketones is 1. The van der Waals surface area contributed by atoms with Crippen LogP contribution in [0.15, 0.2) is 66.7 Å². The molecule has 184 valence electrons. The predicted octanol–water partition coefficient (Wildman–Crippen LogP) is 4.28. The van der Waals surface area contributed by atoms with Crippen molar-refractivity contribution in [1.29, 1.82) is 0 Å². The number of hydrogen-bond donors (Lipinski definition) is 2. The highest BCUT2D eigenvalue weighted by atomic mass is 16.5. The van der Waals surface area contributed by atoms with Gasteiger partial charge in [0.15, 0.2) is 6.61 Å².